The van der Waals surface area contributed by atoms with E-state index in [0.717, 1.165) is 37.4 Å². The molecule has 1 saturated heterocycles. The van der Waals surface area contributed by atoms with Gasteiger partial charge >= 0.3 is 0 Å². The Morgan fingerprint density at radius 3 is 2.43 bits per heavy atom. The van der Waals surface area contributed by atoms with Crippen LogP contribution in [-0.4, -0.2) is 49.6 Å². The molecule has 5 rings (SSSR count). The molecule has 0 saturated carbocycles. The molecule has 2 aromatic carbocycles. The fourth-order valence-corrected chi connectivity index (χ4v) is 4.59. The molecule has 28 heavy (non-hydrogen) atoms. The molecular formula is C22H23N2O4+. The number of hydrogen-bond acceptors (Lipinski definition) is 4. The van der Waals surface area contributed by atoms with Crippen molar-refractivity contribution in [1.29, 1.82) is 0 Å². The number of imide groups is 1. The summed E-state index contributed by atoms with van der Waals surface area (Å²) in [5, 5.41) is 0. The molecule has 2 aromatic rings. The zero-order chi connectivity index (χ0) is 19.1. The summed E-state index contributed by atoms with van der Waals surface area (Å²) in [6.07, 6.45) is 2.23. The minimum Gasteiger partial charge on any atom is -0.486 e. The van der Waals surface area contributed by atoms with E-state index >= 15 is 0 Å². The van der Waals surface area contributed by atoms with Crippen LogP contribution in [0.25, 0.3) is 0 Å². The highest BCUT2D eigenvalue weighted by atomic mass is 16.6. The van der Waals surface area contributed by atoms with Gasteiger partial charge in [0.1, 0.15) is 19.3 Å². The van der Waals surface area contributed by atoms with Crippen molar-refractivity contribution < 1.29 is 24.0 Å². The second-order valence-electron chi connectivity index (χ2n) is 7.56. The van der Waals surface area contributed by atoms with E-state index in [4.69, 9.17) is 9.47 Å². The fraction of sp³-hybridized carbons (Fsp3) is 0.364. The summed E-state index contributed by atoms with van der Waals surface area (Å²) in [4.78, 5) is 28.0. The van der Waals surface area contributed by atoms with Gasteiger partial charge in [0.05, 0.1) is 30.8 Å². The van der Waals surface area contributed by atoms with Crippen molar-refractivity contribution in [3.05, 3.63) is 59.2 Å². The van der Waals surface area contributed by atoms with Gasteiger partial charge < -0.3 is 14.4 Å². The summed E-state index contributed by atoms with van der Waals surface area (Å²) in [7, 11) is 0. The van der Waals surface area contributed by atoms with Crippen LogP contribution in [-0.2, 0) is 0 Å². The van der Waals surface area contributed by atoms with Crippen LogP contribution in [0.2, 0.25) is 0 Å². The molecule has 1 unspecified atom stereocenters. The average molecular weight is 379 g/mol. The van der Waals surface area contributed by atoms with E-state index in [1.54, 1.807) is 24.3 Å². The van der Waals surface area contributed by atoms with Crippen molar-refractivity contribution >= 4 is 11.8 Å². The number of carbonyl (C=O) groups excluding carboxylic acids is 2. The Morgan fingerprint density at radius 1 is 0.964 bits per heavy atom. The number of carbonyl (C=O) groups is 2. The molecule has 144 valence electrons. The van der Waals surface area contributed by atoms with E-state index in [2.05, 4.69) is 12.1 Å². The molecule has 1 fully saturated rings. The van der Waals surface area contributed by atoms with Gasteiger partial charge in [-0.25, -0.2) is 0 Å². The molecule has 0 aromatic heterocycles. The number of fused-ring (bicyclic) bond motifs is 2. The van der Waals surface area contributed by atoms with Gasteiger partial charge in [0, 0.05) is 18.4 Å². The first-order valence-corrected chi connectivity index (χ1v) is 9.92. The Labute approximate surface area is 163 Å². The number of benzene rings is 2. The third kappa shape index (κ3) is 2.85. The van der Waals surface area contributed by atoms with Crippen molar-refractivity contribution in [1.82, 2.24) is 4.90 Å². The molecule has 0 spiro atoms. The van der Waals surface area contributed by atoms with Crippen molar-refractivity contribution in [2.75, 3.05) is 32.8 Å². The third-order valence-corrected chi connectivity index (χ3v) is 5.99. The lowest BCUT2D eigenvalue weighted by Gasteiger charge is -2.25. The van der Waals surface area contributed by atoms with Crippen LogP contribution in [0.3, 0.4) is 0 Å². The number of nitrogens with one attached hydrogen (secondary N) is 1. The number of likely N-dealkylation sites (tertiary alicyclic amines) is 1. The van der Waals surface area contributed by atoms with Gasteiger partial charge in [0.15, 0.2) is 11.5 Å². The highest BCUT2D eigenvalue weighted by Crippen LogP contribution is 2.33. The van der Waals surface area contributed by atoms with E-state index in [9.17, 15) is 9.59 Å². The standard InChI is InChI=1S/C22H22N2O4/c25-21-16-4-1-2-5-17(16)22(26)24(21)11-10-23-9-3-6-18(23)15-7-8-19-20(14-15)28-13-12-27-19/h1-2,4-5,7-8,14,18H,3,6,9-13H2/p+1/t18-/m0/s1. The van der Waals surface area contributed by atoms with E-state index < -0.39 is 0 Å². The third-order valence-electron chi connectivity index (χ3n) is 5.99. The first kappa shape index (κ1) is 17.3. The Balaban J connectivity index is 1.30. The van der Waals surface area contributed by atoms with Crippen LogP contribution < -0.4 is 14.4 Å². The van der Waals surface area contributed by atoms with Crippen molar-refractivity contribution in [3.63, 3.8) is 0 Å². The van der Waals surface area contributed by atoms with Crippen LogP contribution in [0.5, 0.6) is 11.5 Å². The molecule has 3 aliphatic rings. The highest BCUT2D eigenvalue weighted by Gasteiger charge is 2.37. The van der Waals surface area contributed by atoms with Gasteiger partial charge in [-0.3, -0.25) is 14.5 Å². The van der Waals surface area contributed by atoms with Gasteiger partial charge in [0.25, 0.3) is 11.8 Å². The molecule has 0 aliphatic carbocycles. The van der Waals surface area contributed by atoms with Gasteiger partial charge in [-0.05, 0) is 30.3 Å². The van der Waals surface area contributed by atoms with Gasteiger partial charge in [0.2, 0.25) is 0 Å². The fourth-order valence-electron chi connectivity index (χ4n) is 4.59. The van der Waals surface area contributed by atoms with Crippen LogP contribution in [0, 0.1) is 0 Å². The Kier molecular flexibility index (Phi) is 4.28. The lowest BCUT2D eigenvalue weighted by molar-refractivity contribution is -0.917. The minimum atomic E-state index is -0.171. The van der Waals surface area contributed by atoms with Crippen LogP contribution in [0.4, 0.5) is 0 Å². The number of ether oxygens (including phenoxy) is 2. The smallest absolute Gasteiger partial charge is 0.261 e. The zero-order valence-corrected chi connectivity index (χ0v) is 15.6. The number of amides is 2. The van der Waals surface area contributed by atoms with E-state index in [1.807, 2.05) is 6.07 Å². The van der Waals surface area contributed by atoms with Gasteiger partial charge in [-0.2, -0.15) is 0 Å². The predicted octanol–water partition coefficient (Wildman–Crippen LogP) is 1.47. The lowest BCUT2D eigenvalue weighted by Crippen LogP contribution is -3.11. The maximum Gasteiger partial charge on any atom is 0.261 e. The molecule has 6 heteroatoms. The van der Waals surface area contributed by atoms with Crippen LogP contribution in [0.1, 0.15) is 45.2 Å². The molecule has 1 N–H and O–H groups in total. The monoisotopic (exact) mass is 379 g/mol. The molecule has 3 heterocycles. The SMILES string of the molecule is O=C1c2ccccc2C(=O)N1CC[NH+]1CCC[C@H]1c1ccc2c(c1)OCCO2. The second-order valence-corrected chi connectivity index (χ2v) is 7.56. The number of hydrogen-bond donors (Lipinski definition) is 1. The number of quaternary nitrogens is 1. The minimum absolute atomic E-state index is 0.171. The summed E-state index contributed by atoms with van der Waals surface area (Å²) in [5.74, 6) is 1.28. The molecule has 6 nitrogen and oxygen atoms in total. The molecular weight excluding hydrogens is 356 g/mol. The molecule has 2 atom stereocenters. The zero-order valence-electron chi connectivity index (χ0n) is 15.6. The van der Waals surface area contributed by atoms with Crippen molar-refractivity contribution in [3.8, 4) is 11.5 Å². The van der Waals surface area contributed by atoms with Gasteiger partial charge in [-0.15, -0.1) is 0 Å². The summed E-state index contributed by atoms with van der Waals surface area (Å²) in [5.41, 5.74) is 2.28. The molecule has 0 bridgehead atoms. The van der Waals surface area contributed by atoms with E-state index in [1.165, 1.54) is 15.4 Å². The van der Waals surface area contributed by atoms with Crippen molar-refractivity contribution in [2.45, 2.75) is 18.9 Å². The summed E-state index contributed by atoms with van der Waals surface area (Å²) in [6.45, 7) is 3.42. The van der Waals surface area contributed by atoms with Crippen LogP contribution >= 0.6 is 0 Å². The first-order valence-electron chi connectivity index (χ1n) is 9.92. The number of nitrogens with zero attached hydrogens (tertiary/aromatic N) is 1. The second kappa shape index (κ2) is 6.95. The highest BCUT2D eigenvalue weighted by molar-refractivity contribution is 6.21. The quantitative estimate of drug-likeness (QED) is 0.818. The Bertz CT molecular complexity index is 907. The lowest BCUT2D eigenvalue weighted by atomic mass is 10.0. The largest absolute Gasteiger partial charge is 0.486 e. The van der Waals surface area contributed by atoms with Crippen molar-refractivity contribution in [2.24, 2.45) is 0 Å². The summed E-state index contributed by atoms with van der Waals surface area (Å²) >= 11 is 0. The Morgan fingerprint density at radius 2 is 1.68 bits per heavy atom. The van der Waals surface area contributed by atoms with E-state index in [0.29, 0.717) is 36.9 Å². The summed E-state index contributed by atoms with van der Waals surface area (Å²) in [6, 6.07) is 13.6. The maximum absolute atomic E-state index is 12.6. The topological polar surface area (TPSA) is 60.3 Å². The maximum atomic E-state index is 12.6. The normalized spacial score (nSPS) is 23.2. The molecule has 2 amide bonds. The predicted molar refractivity (Wildman–Crippen MR) is 102 cm³/mol. The Hall–Kier alpha value is -2.86. The molecule has 0 radical (unpaired) electrons. The average Bonchev–Trinajstić information content (AvgIpc) is 3.30. The van der Waals surface area contributed by atoms with Crippen LogP contribution in [0.15, 0.2) is 42.5 Å². The molecule has 3 aliphatic heterocycles. The van der Waals surface area contributed by atoms with E-state index in [-0.39, 0.29) is 11.8 Å². The summed E-state index contributed by atoms with van der Waals surface area (Å²) < 4.78 is 11.4. The number of rotatable bonds is 4. The van der Waals surface area contributed by atoms with Gasteiger partial charge in [-0.1, -0.05) is 12.1 Å². The first-order chi connectivity index (χ1) is 13.7.